The molecule has 0 amide bonds. The maximum atomic E-state index is 12.6. The summed E-state index contributed by atoms with van der Waals surface area (Å²) < 4.78 is 26.8. The summed E-state index contributed by atoms with van der Waals surface area (Å²) in [7, 11) is -3.37. The first-order chi connectivity index (χ1) is 8.91. The van der Waals surface area contributed by atoms with Gasteiger partial charge in [0.2, 0.25) is 10.0 Å². The van der Waals surface area contributed by atoms with E-state index >= 15 is 0 Å². The van der Waals surface area contributed by atoms with Gasteiger partial charge in [-0.2, -0.15) is 4.31 Å². The molecule has 0 aromatic heterocycles. The molecule has 0 unspecified atom stereocenters. The number of hydrogen-bond acceptors (Lipinski definition) is 3. The van der Waals surface area contributed by atoms with Gasteiger partial charge < -0.3 is 5.73 Å². The number of rotatable bonds is 3. The number of aryl methyl sites for hydroxylation is 1. The van der Waals surface area contributed by atoms with Gasteiger partial charge in [-0.05, 0) is 50.3 Å². The molecule has 0 aliphatic carbocycles. The highest BCUT2D eigenvalue weighted by Gasteiger charge is 2.31. The quantitative estimate of drug-likeness (QED) is 0.918. The van der Waals surface area contributed by atoms with Crippen LogP contribution in [-0.4, -0.2) is 31.9 Å². The number of sulfonamides is 1. The van der Waals surface area contributed by atoms with Crippen LogP contribution in [0, 0.1) is 12.8 Å². The third-order valence-corrected chi connectivity index (χ3v) is 5.65. The molecular formula is C14H22N2O2S. The molecule has 106 valence electrons. The number of benzene rings is 1. The van der Waals surface area contributed by atoms with Gasteiger partial charge in [0.1, 0.15) is 0 Å². The van der Waals surface area contributed by atoms with E-state index in [-0.39, 0.29) is 12.0 Å². The Kier molecular flexibility index (Phi) is 4.28. The van der Waals surface area contributed by atoms with Crippen LogP contribution < -0.4 is 5.73 Å². The second-order valence-corrected chi connectivity index (χ2v) is 7.38. The third kappa shape index (κ3) is 3.16. The monoisotopic (exact) mass is 282 g/mol. The highest BCUT2D eigenvalue weighted by molar-refractivity contribution is 7.89. The van der Waals surface area contributed by atoms with Gasteiger partial charge in [-0.25, -0.2) is 8.42 Å². The summed E-state index contributed by atoms with van der Waals surface area (Å²) in [6.45, 7) is 4.99. The Hall–Kier alpha value is -0.910. The van der Waals surface area contributed by atoms with Crippen molar-refractivity contribution in [3.8, 4) is 0 Å². The van der Waals surface area contributed by atoms with Crippen LogP contribution >= 0.6 is 0 Å². The van der Waals surface area contributed by atoms with Crippen molar-refractivity contribution in [3.63, 3.8) is 0 Å². The van der Waals surface area contributed by atoms with E-state index in [9.17, 15) is 8.42 Å². The fourth-order valence-electron chi connectivity index (χ4n) is 2.55. The molecule has 1 fully saturated rings. The van der Waals surface area contributed by atoms with E-state index in [0.717, 1.165) is 18.4 Å². The van der Waals surface area contributed by atoms with Crippen molar-refractivity contribution in [1.82, 2.24) is 4.31 Å². The molecule has 0 spiro atoms. The number of hydrogen-bond donors (Lipinski definition) is 1. The van der Waals surface area contributed by atoms with E-state index in [1.165, 1.54) is 0 Å². The Morgan fingerprint density at radius 3 is 2.79 bits per heavy atom. The summed E-state index contributed by atoms with van der Waals surface area (Å²) in [6, 6.07) is 7.12. The van der Waals surface area contributed by atoms with Crippen LogP contribution in [0.1, 0.15) is 25.3 Å². The summed E-state index contributed by atoms with van der Waals surface area (Å²) in [4.78, 5) is 0.387. The van der Waals surface area contributed by atoms with Crippen molar-refractivity contribution < 1.29 is 8.42 Å². The molecule has 2 atom stereocenters. The van der Waals surface area contributed by atoms with Crippen molar-refractivity contribution in [1.29, 1.82) is 0 Å². The Bertz CT molecular complexity index is 540. The lowest BCUT2D eigenvalue weighted by molar-refractivity contribution is 0.243. The molecule has 1 aromatic carbocycles. The van der Waals surface area contributed by atoms with Gasteiger partial charge in [0.05, 0.1) is 4.90 Å². The molecule has 0 saturated carbocycles. The largest absolute Gasteiger partial charge is 0.328 e. The lowest BCUT2D eigenvalue weighted by Gasteiger charge is -2.33. The predicted molar refractivity (Wildman–Crippen MR) is 76.3 cm³/mol. The molecule has 19 heavy (non-hydrogen) atoms. The van der Waals surface area contributed by atoms with E-state index in [1.807, 2.05) is 19.9 Å². The highest BCUT2D eigenvalue weighted by Crippen LogP contribution is 2.25. The fourth-order valence-corrected chi connectivity index (χ4v) is 4.19. The minimum absolute atomic E-state index is 0.0375. The molecule has 0 radical (unpaired) electrons. The van der Waals surface area contributed by atoms with E-state index in [0.29, 0.717) is 18.0 Å². The molecule has 1 saturated heterocycles. The molecule has 1 aliphatic heterocycles. The maximum Gasteiger partial charge on any atom is 0.243 e. The van der Waals surface area contributed by atoms with Gasteiger partial charge >= 0.3 is 0 Å². The van der Waals surface area contributed by atoms with Gasteiger partial charge in [-0.1, -0.05) is 12.1 Å². The third-order valence-electron chi connectivity index (χ3n) is 3.79. The summed E-state index contributed by atoms with van der Waals surface area (Å²) in [5, 5.41) is 0. The second kappa shape index (κ2) is 5.61. The van der Waals surface area contributed by atoms with E-state index in [1.54, 1.807) is 22.5 Å². The molecule has 2 rings (SSSR count). The van der Waals surface area contributed by atoms with Crippen molar-refractivity contribution in [2.45, 2.75) is 37.6 Å². The van der Waals surface area contributed by atoms with Crippen molar-refractivity contribution in [2.24, 2.45) is 11.7 Å². The van der Waals surface area contributed by atoms with Gasteiger partial charge in [0.15, 0.2) is 0 Å². The molecule has 5 heteroatoms. The van der Waals surface area contributed by atoms with E-state index in [4.69, 9.17) is 5.73 Å². The Morgan fingerprint density at radius 1 is 1.42 bits per heavy atom. The smallest absolute Gasteiger partial charge is 0.243 e. The van der Waals surface area contributed by atoms with E-state index < -0.39 is 10.0 Å². The number of nitrogens with zero attached hydrogens (tertiary/aromatic N) is 1. The molecular weight excluding hydrogens is 260 g/mol. The highest BCUT2D eigenvalue weighted by atomic mass is 32.2. The topological polar surface area (TPSA) is 63.4 Å². The van der Waals surface area contributed by atoms with Crippen LogP contribution in [0.25, 0.3) is 0 Å². The van der Waals surface area contributed by atoms with Crippen LogP contribution in [0.15, 0.2) is 29.2 Å². The summed E-state index contributed by atoms with van der Waals surface area (Å²) >= 11 is 0. The first-order valence-electron chi connectivity index (χ1n) is 6.73. The molecule has 1 aromatic rings. The summed E-state index contributed by atoms with van der Waals surface area (Å²) in [5.74, 6) is 0.258. The first kappa shape index (κ1) is 14.5. The van der Waals surface area contributed by atoms with Crippen molar-refractivity contribution in [3.05, 3.63) is 29.8 Å². The summed E-state index contributed by atoms with van der Waals surface area (Å²) in [6.07, 6.45) is 1.90. The maximum absolute atomic E-state index is 12.6. The normalized spacial score (nSPS) is 23.2. The average molecular weight is 282 g/mol. The average Bonchev–Trinajstić information content (AvgIpc) is 2.39. The lowest BCUT2D eigenvalue weighted by Crippen LogP contribution is -2.44. The zero-order chi connectivity index (χ0) is 14.0. The molecule has 1 heterocycles. The minimum atomic E-state index is -3.37. The molecule has 4 nitrogen and oxygen atoms in total. The lowest BCUT2D eigenvalue weighted by atomic mass is 9.93. The van der Waals surface area contributed by atoms with Crippen molar-refractivity contribution >= 4 is 10.0 Å². The Morgan fingerprint density at radius 2 is 2.16 bits per heavy atom. The molecule has 2 N–H and O–H groups in total. The minimum Gasteiger partial charge on any atom is -0.328 e. The number of piperidine rings is 1. The predicted octanol–water partition coefficient (Wildman–Crippen LogP) is 1.74. The van der Waals surface area contributed by atoms with Gasteiger partial charge in [-0.15, -0.1) is 0 Å². The van der Waals surface area contributed by atoms with Crippen LogP contribution in [0.3, 0.4) is 0 Å². The van der Waals surface area contributed by atoms with Crippen LogP contribution in [0.2, 0.25) is 0 Å². The SMILES string of the molecule is Cc1cccc(S(=O)(=O)N2CCC[C@@H]([C@@H](C)N)C2)c1. The van der Waals surface area contributed by atoms with Crippen LogP contribution in [0.4, 0.5) is 0 Å². The van der Waals surface area contributed by atoms with Gasteiger partial charge in [-0.3, -0.25) is 0 Å². The van der Waals surface area contributed by atoms with Crippen LogP contribution in [-0.2, 0) is 10.0 Å². The van der Waals surface area contributed by atoms with Gasteiger partial charge in [0, 0.05) is 19.1 Å². The molecule has 1 aliphatic rings. The zero-order valence-electron chi connectivity index (χ0n) is 11.5. The second-order valence-electron chi connectivity index (χ2n) is 5.44. The Balaban J connectivity index is 2.24. The van der Waals surface area contributed by atoms with Gasteiger partial charge in [0.25, 0.3) is 0 Å². The fraction of sp³-hybridized carbons (Fsp3) is 0.571. The van der Waals surface area contributed by atoms with E-state index in [2.05, 4.69) is 0 Å². The van der Waals surface area contributed by atoms with Crippen LogP contribution in [0.5, 0.6) is 0 Å². The van der Waals surface area contributed by atoms with Crippen molar-refractivity contribution in [2.75, 3.05) is 13.1 Å². The Labute approximate surface area is 115 Å². The first-order valence-corrected chi connectivity index (χ1v) is 8.17. The molecule has 0 bridgehead atoms. The standard InChI is InChI=1S/C14H22N2O2S/c1-11-5-3-7-14(9-11)19(17,18)16-8-4-6-13(10-16)12(2)15/h3,5,7,9,12-13H,4,6,8,10,15H2,1-2H3/t12-,13-/m1/s1. The summed E-state index contributed by atoms with van der Waals surface area (Å²) in [5.41, 5.74) is 6.87. The number of nitrogens with two attached hydrogens (primary N) is 1. The zero-order valence-corrected chi connectivity index (χ0v) is 12.4.